The number of carbonyl (C=O) groups excluding carboxylic acids is 4. The van der Waals surface area contributed by atoms with Crippen molar-refractivity contribution in [2.45, 2.75) is 6.10 Å². The van der Waals surface area contributed by atoms with Gasteiger partial charge in [0.2, 0.25) is 11.7 Å². The van der Waals surface area contributed by atoms with E-state index in [1.807, 2.05) is 0 Å². The van der Waals surface area contributed by atoms with Crippen LogP contribution in [-0.2, 0) is 9.53 Å². The van der Waals surface area contributed by atoms with Crippen LogP contribution >= 0.6 is 0 Å². The number of carbonyl (C=O) groups is 4. The Morgan fingerprint density at radius 3 is 2.41 bits per heavy atom. The number of anilines is 2. The van der Waals surface area contributed by atoms with E-state index in [-0.39, 0.29) is 68.9 Å². The van der Waals surface area contributed by atoms with Crippen molar-refractivity contribution in [2.75, 3.05) is 55.6 Å². The fourth-order valence-electron chi connectivity index (χ4n) is 4.52. The molecule has 0 saturated carbocycles. The van der Waals surface area contributed by atoms with E-state index in [0.717, 1.165) is 17.0 Å². The number of halogens is 2. The van der Waals surface area contributed by atoms with Crippen molar-refractivity contribution in [3.63, 3.8) is 0 Å². The molecule has 1 unspecified atom stereocenters. The van der Waals surface area contributed by atoms with Crippen LogP contribution in [0, 0.1) is 11.6 Å². The summed E-state index contributed by atoms with van der Waals surface area (Å²) in [6.45, 7) is 0.418. The van der Waals surface area contributed by atoms with E-state index in [9.17, 15) is 19.2 Å². The van der Waals surface area contributed by atoms with Gasteiger partial charge in [0, 0.05) is 56.8 Å². The average molecular weight is 570 g/mol. The Morgan fingerprint density at radius 1 is 1.00 bits per heavy atom. The van der Waals surface area contributed by atoms with Gasteiger partial charge >= 0.3 is 6.09 Å². The van der Waals surface area contributed by atoms with Gasteiger partial charge in [0.25, 0.3) is 11.8 Å². The van der Waals surface area contributed by atoms with E-state index >= 15 is 8.78 Å². The standard InChI is InChI=1S/C26H25F2N7O6/c27-19-10-17(35-15-18(40-26(35)39)13-30-25(38)21-3-5-32-41-21)11-20(28)23(19)34-8-6-33(7-9-34)22(36)14-31-24(37)16-2-1-4-29-12-16/h1-5,10-12,18H,6-9,13-15H2,(H,30,38)(H,31,37). The molecular weight excluding hydrogens is 544 g/mol. The molecule has 13 nitrogen and oxygen atoms in total. The van der Waals surface area contributed by atoms with E-state index in [1.54, 1.807) is 12.1 Å². The summed E-state index contributed by atoms with van der Waals surface area (Å²) >= 11 is 0. The van der Waals surface area contributed by atoms with Crippen molar-refractivity contribution in [1.82, 2.24) is 25.7 Å². The number of rotatable bonds is 8. The predicted molar refractivity (Wildman–Crippen MR) is 138 cm³/mol. The van der Waals surface area contributed by atoms with E-state index in [2.05, 4.69) is 20.8 Å². The number of hydrogen-bond acceptors (Lipinski definition) is 9. The van der Waals surface area contributed by atoms with Gasteiger partial charge in [-0.05, 0) is 12.1 Å². The summed E-state index contributed by atoms with van der Waals surface area (Å²) in [4.78, 5) is 57.0. The Morgan fingerprint density at radius 2 is 1.76 bits per heavy atom. The van der Waals surface area contributed by atoms with Gasteiger partial charge in [-0.3, -0.25) is 24.3 Å². The minimum atomic E-state index is -0.876. The maximum Gasteiger partial charge on any atom is 0.414 e. The number of aromatic nitrogens is 2. The van der Waals surface area contributed by atoms with Crippen molar-refractivity contribution < 1.29 is 37.2 Å². The van der Waals surface area contributed by atoms with Crippen LogP contribution in [0.25, 0.3) is 0 Å². The first kappa shape index (κ1) is 27.5. The van der Waals surface area contributed by atoms with Crippen molar-refractivity contribution in [1.29, 1.82) is 0 Å². The molecule has 1 aromatic carbocycles. The molecule has 2 aliphatic rings. The third kappa shape index (κ3) is 6.23. The summed E-state index contributed by atoms with van der Waals surface area (Å²) in [6, 6.07) is 6.64. The third-order valence-electron chi connectivity index (χ3n) is 6.61. The molecule has 2 saturated heterocycles. The second kappa shape index (κ2) is 12.0. The van der Waals surface area contributed by atoms with Crippen LogP contribution in [0.15, 0.2) is 53.4 Å². The molecule has 0 bridgehead atoms. The van der Waals surface area contributed by atoms with Gasteiger partial charge in [-0.1, -0.05) is 5.16 Å². The molecule has 2 N–H and O–H groups in total. The number of pyridine rings is 1. The Bertz CT molecular complexity index is 1410. The molecule has 0 aliphatic carbocycles. The Balaban J connectivity index is 1.14. The van der Waals surface area contributed by atoms with Crippen LogP contribution in [0.2, 0.25) is 0 Å². The van der Waals surface area contributed by atoms with Crippen LogP contribution in [-0.4, -0.2) is 90.8 Å². The smallest absolute Gasteiger partial charge is 0.414 e. The molecule has 2 aromatic heterocycles. The van der Waals surface area contributed by atoms with Gasteiger partial charge in [0.15, 0.2) is 11.6 Å². The molecule has 41 heavy (non-hydrogen) atoms. The van der Waals surface area contributed by atoms with E-state index in [4.69, 9.17) is 9.26 Å². The second-order valence-corrected chi connectivity index (χ2v) is 9.25. The fraction of sp³-hybridized carbons (Fsp3) is 0.308. The summed E-state index contributed by atoms with van der Waals surface area (Å²) in [6.07, 6.45) is 2.67. The fourth-order valence-corrected chi connectivity index (χ4v) is 4.52. The number of benzene rings is 1. The first-order chi connectivity index (χ1) is 19.8. The van der Waals surface area contributed by atoms with Gasteiger partial charge in [-0.25, -0.2) is 13.6 Å². The average Bonchev–Trinajstić information content (AvgIpc) is 3.65. The lowest BCUT2D eigenvalue weighted by atomic mass is 10.2. The van der Waals surface area contributed by atoms with Crippen molar-refractivity contribution in [2.24, 2.45) is 0 Å². The quantitative estimate of drug-likeness (QED) is 0.408. The molecule has 2 fully saturated rings. The number of nitrogens with zero attached hydrogens (tertiary/aromatic N) is 5. The number of hydrogen-bond donors (Lipinski definition) is 2. The van der Waals surface area contributed by atoms with Crippen molar-refractivity contribution in [3.8, 4) is 0 Å². The highest BCUT2D eigenvalue weighted by Gasteiger charge is 2.34. The minimum absolute atomic E-state index is 0.0105. The molecule has 214 valence electrons. The number of amides is 4. The molecule has 4 heterocycles. The molecule has 3 aromatic rings. The number of ether oxygens (including phenoxy) is 1. The molecule has 4 amide bonds. The number of piperazine rings is 1. The SMILES string of the molecule is O=C(NCC(=O)N1CCN(c2c(F)cc(N3CC(CNC(=O)c4ccno4)OC3=O)cc2F)CC1)c1cccnc1. The summed E-state index contributed by atoms with van der Waals surface area (Å²) in [5.41, 5.74) is 0.0250. The summed E-state index contributed by atoms with van der Waals surface area (Å²) in [5.74, 6) is -3.06. The summed E-state index contributed by atoms with van der Waals surface area (Å²) in [5, 5.41) is 8.53. The summed E-state index contributed by atoms with van der Waals surface area (Å²) < 4.78 is 40.3. The topological polar surface area (TPSA) is 150 Å². The van der Waals surface area contributed by atoms with Gasteiger partial charge in [-0.15, -0.1) is 0 Å². The molecular formula is C26H25F2N7O6. The van der Waals surface area contributed by atoms with Crippen LogP contribution in [0.4, 0.5) is 25.0 Å². The zero-order valence-corrected chi connectivity index (χ0v) is 21.6. The first-order valence-corrected chi connectivity index (χ1v) is 12.7. The van der Waals surface area contributed by atoms with Gasteiger partial charge < -0.3 is 29.7 Å². The zero-order valence-electron chi connectivity index (χ0n) is 21.6. The van der Waals surface area contributed by atoms with Crippen LogP contribution in [0.5, 0.6) is 0 Å². The Hall–Kier alpha value is -5.08. The van der Waals surface area contributed by atoms with E-state index in [1.165, 1.54) is 34.5 Å². The lowest BCUT2D eigenvalue weighted by Gasteiger charge is -2.36. The third-order valence-corrected chi connectivity index (χ3v) is 6.61. The molecule has 1 atom stereocenters. The van der Waals surface area contributed by atoms with Crippen LogP contribution in [0.3, 0.4) is 0 Å². The lowest BCUT2D eigenvalue weighted by Crippen LogP contribution is -2.51. The van der Waals surface area contributed by atoms with Crippen molar-refractivity contribution >= 4 is 35.2 Å². The van der Waals surface area contributed by atoms with Crippen LogP contribution < -0.4 is 20.4 Å². The normalized spacial score (nSPS) is 16.9. The second-order valence-electron chi connectivity index (χ2n) is 9.25. The molecule has 15 heteroatoms. The Kier molecular flexibility index (Phi) is 8.03. The highest BCUT2D eigenvalue weighted by Crippen LogP contribution is 2.31. The monoisotopic (exact) mass is 569 g/mol. The molecule has 5 rings (SSSR count). The number of nitrogens with one attached hydrogen (secondary N) is 2. The minimum Gasteiger partial charge on any atom is -0.442 e. The zero-order chi connectivity index (χ0) is 28.9. The van der Waals surface area contributed by atoms with Gasteiger partial charge in [0.05, 0.1) is 37.1 Å². The first-order valence-electron chi connectivity index (χ1n) is 12.7. The molecule has 2 aliphatic heterocycles. The highest BCUT2D eigenvalue weighted by molar-refractivity contribution is 5.96. The van der Waals surface area contributed by atoms with E-state index < -0.39 is 35.6 Å². The maximum atomic E-state index is 15.1. The van der Waals surface area contributed by atoms with Crippen molar-refractivity contribution in [3.05, 3.63) is 71.9 Å². The van der Waals surface area contributed by atoms with Crippen LogP contribution in [0.1, 0.15) is 20.9 Å². The molecule has 0 radical (unpaired) electrons. The number of cyclic esters (lactones) is 1. The Labute approximate surface area is 232 Å². The maximum absolute atomic E-state index is 15.1. The predicted octanol–water partition coefficient (Wildman–Crippen LogP) is 1.18. The highest BCUT2D eigenvalue weighted by atomic mass is 19.1. The van der Waals surface area contributed by atoms with Gasteiger partial charge in [0.1, 0.15) is 11.8 Å². The summed E-state index contributed by atoms with van der Waals surface area (Å²) in [7, 11) is 0. The lowest BCUT2D eigenvalue weighted by molar-refractivity contribution is -0.130. The van der Waals surface area contributed by atoms with Gasteiger partial charge in [-0.2, -0.15) is 0 Å². The largest absolute Gasteiger partial charge is 0.442 e. The molecule has 0 spiro atoms. The van der Waals surface area contributed by atoms with E-state index in [0.29, 0.717) is 5.56 Å².